The van der Waals surface area contributed by atoms with Crippen molar-refractivity contribution in [3.05, 3.63) is 0 Å². The molecule has 1 unspecified atom stereocenters. The van der Waals surface area contributed by atoms with Crippen LogP contribution in [0.4, 0.5) is 0 Å². The summed E-state index contributed by atoms with van der Waals surface area (Å²) in [5, 5.41) is 0. The molecule has 0 aromatic heterocycles. The normalized spacial score (nSPS) is 28.5. The Hall–Kier alpha value is -0.170. The average Bonchev–Trinajstić information content (AvgIpc) is 2.68. The number of piperidine rings is 1. The number of likely N-dealkylation sites (N-methyl/N-ethyl adjacent to an activating group) is 1. The van der Waals surface area contributed by atoms with Crippen LogP contribution in [0.25, 0.3) is 0 Å². The summed E-state index contributed by atoms with van der Waals surface area (Å²) in [4.78, 5) is 2.14. The smallest absolute Gasteiger partial charge is 0.282 e. The van der Waals surface area contributed by atoms with E-state index in [0.717, 1.165) is 38.5 Å². The lowest BCUT2D eigenvalue weighted by molar-refractivity contribution is 0.183. The molecule has 6 heteroatoms. The van der Waals surface area contributed by atoms with Gasteiger partial charge in [-0.05, 0) is 39.8 Å². The first-order chi connectivity index (χ1) is 9.01. The van der Waals surface area contributed by atoms with E-state index >= 15 is 0 Å². The van der Waals surface area contributed by atoms with E-state index < -0.39 is 10.2 Å². The molecule has 0 aromatic rings. The van der Waals surface area contributed by atoms with Gasteiger partial charge < -0.3 is 4.90 Å². The van der Waals surface area contributed by atoms with E-state index in [1.54, 1.807) is 8.61 Å². The Balaban J connectivity index is 2.05. The van der Waals surface area contributed by atoms with E-state index in [0.29, 0.717) is 32.2 Å². The van der Waals surface area contributed by atoms with Crippen LogP contribution in [0.3, 0.4) is 0 Å². The molecule has 2 aliphatic heterocycles. The van der Waals surface area contributed by atoms with Gasteiger partial charge in [-0.15, -0.1) is 0 Å². The van der Waals surface area contributed by atoms with Crippen molar-refractivity contribution in [2.75, 3.05) is 40.3 Å². The van der Waals surface area contributed by atoms with Gasteiger partial charge in [-0.1, -0.05) is 12.8 Å². The van der Waals surface area contributed by atoms with Crippen molar-refractivity contribution < 1.29 is 8.42 Å². The highest BCUT2D eigenvalue weighted by molar-refractivity contribution is 7.86. The number of nitrogens with zero attached hydrogens (tertiary/aromatic N) is 3. The summed E-state index contributed by atoms with van der Waals surface area (Å²) in [6.07, 6.45) is 6.39. The van der Waals surface area contributed by atoms with Crippen LogP contribution in [0, 0.1) is 0 Å². The Morgan fingerprint density at radius 2 is 1.47 bits per heavy atom. The zero-order valence-electron chi connectivity index (χ0n) is 12.2. The molecule has 0 aliphatic carbocycles. The standard InChI is InChI=1S/C13H27N3O2S/c1-14(2)13-8-7-11-16(12-13)19(17,18)15-9-5-3-4-6-10-15/h13H,3-12H2,1-2H3. The fraction of sp³-hybridized carbons (Fsp3) is 1.00. The molecule has 112 valence electrons. The lowest BCUT2D eigenvalue weighted by atomic mass is 10.1. The molecule has 2 aliphatic rings. The van der Waals surface area contributed by atoms with Gasteiger partial charge in [0.25, 0.3) is 10.2 Å². The second kappa shape index (κ2) is 6.52. The van der Waals surface area contributed by atoms with Gasteiger partial charge in [-0.25, -0.2) is 0 Å². The zero-order valence-corrected chi connectivity index (χ0v) is 13.0. The predicted molar refractivity (Wildman–Crippen MR) is 77.2 cm³/mol. The summed E-state index contributed by atoms with van der Waals surface area (Å²) in [7, 11) is 0.834. The summed E-state index contributed by atoms with van der Waals surface area (Å²) in [5.41, 5.74) is 0. The van der Waals surface area contributed by atoms with Gasteiger partial charge >= 0.3 is 0 Å². The minimum absolute atomic E-state index is 0.357. The van der Waals surface area contributed by atoms with Crippen molar-refractivity contribution >= 4 is 10.2 Å². The third-order valence-corrected chi connectivity index (χ3v) is 6.31. The molecular weight excluding hydrogens is 262 g/mol. The summed E-state index contributed by atoms with van der Waals surface area (Å²) in [5.74, 6) is 0. The van der Waals surface area contributed by atoms with Crippen LogP contribution in [0.2, 0.25) is 0 Å². The minimum Gasteiger partial charge on any atom is -0.305 e. The van der Waals surface area contributed by atoms with Gasteiger partial charge in [0.05, 0.1) is 0 Å². The molecule has 1 atom stereocenters. The topological polar surface area (TPSA) is 43.9 Å². The first kappa shape index (κ1) is 15.2. The summed E-state index contributed by atoms with van der Waals surface area (Å²) < 4.78 is 28.8. The Kier molecular flexibility index (Phi) is 5.22. The molecule has 0 aromatic carbocycles. The molecule has 0 saturated carbocycles. The van der Waals surface area contributed by atoms with E-state index in [1.165, 1.54) is 0 Å². The second-order valence-electron chi connectivity index (χ2n) is 5.94. The largest absolute Gasteiger partial charge is 0.305 e. The van der Waals surface area contributed by atoms with Gasteiger partial charge in [0.2, 0.25) is 0 Å². The van der Waals surface area contributed by atoms with Gasteiger partial charge in [0, 0.05) is 32.2 Å². The summed E-state index contributed by atoms with van der Waals surface area (Å²) in [6, 6.07) is 0.357. The Morgan fingerprint density at radius 3 is 2.05 bits per heavy atom. The Bertz CT molecular complexity index is 375. The van der Waals surface area contributed by atoms with Crippen LogP contribution in [-0.4, -0.2) is 68.2 Å². The zero-order chi connectivity index (χ0) is 13.9. The highest BCUT2D eigenvalue weighted by Crippen LogP contribution is 2.21. The molecule has 2 rings (SSSR count). The lowest BCUT2D eigenvalue weighted by Gasteiger charge is -2.37. The van der Waals surface area contributed by atoms with Gasteiger partial charge in [0.1, 0.15) is 0 Å². The van der Waals surface area contributed by atoms with Crippen LogP contribution in [-0.2, 0) is 10.2 Å². The molecule has 2 saturated heterocycles. The molecule has 19 heavy (non-hydrogen) atoms. The monoisotopic (exact) mass is 289 g/mol. The summed E-state index contributed by atoms with van der Waals surface area (Å²) in [6.45, 7) is 2.73. The number of rotatable bonds is 3. The van der Waals surface area contributed by atoms with Crippen LogP contribution in [0.1, 0.15) is 38.5 Å². The maximum absolute atomic E-state index is 12.7. The van der Waals surface area contributed by atoms with Crippen molar-refractivity contribution in [1.82, 2.24) is 13.5 Å². The molecule has 0 radical (unpaired) electrons. The average molecular weight is 289 g/mol. The Labute approximate surface area is 117 Å². The van der Waals surface area contributed by atoms with Gasteiger partial charge in [-0.3, -0.25) is 0 Å². The first-order valence-electron chi connectivity index (χ1n) is 7.43. The minimum atomic E-state index is -3.23. The molecule has 5 nitrogen and oxygen atoms in total. The third kappa shape index (κ3) is 3.68. The van der Waals surface area contributed by atoms with Crippen molar-refractivity contribution in [2.45, 2.75) is 44.6 Å². The van der Waals surface area contributed by atoms with Gasteiger partial charge in [0.15, 0.2) is 0 Å². The number of hydrogen-bond donors (Lipinski definition) is 0. The molecule has 2 fully saturated rings. The molecule has 0 N–H and O–H groups in total. The fourth-order valence-electron chi connectivity index (χ4n) is 2.99. The van der Waals surface area contributed by atoms with Crippen LogP contribution in [0.5, 0.6) is 0 Å². The Morgan fingerprint density at radius 1 is 0.895 bits per heavy atom. The lowest BCUT2D eigenvalue weighted by Crippen LogP contribution is -2.52. The molecule has 0 spiro atoms. The molecule has 2 heterocycles. The fourth-order valence-corrected chi connectivity index (χ4v) is 4.75. The van der Waals surface area contributed by atoms with Crippen LogP contribution < -0.4 is 0 Å². The van der Waals surface area contributed by atoms with Crippen molar-refractivity contribution in [3.8, 4) is 0 Å². The van der Waals surface area contributed by atoms with E-state index in [2.05, 4.69) is 4.90 Å². The highest BCUT2D eigenvalue weighted by Gasteiger charge is 2.34. The van der Waals surface area contributed by atoms with Gasteiger partial charge in [-0.2, -0.15) is 17.0 Å². The molecule has 0 amide bonds. The number of hydrogen-bond acceptors (Lipinski definition) is 3. The summed E-state index contributed by atoms with van der Waals surface area (Å²) >= 11 is 0. The predicted octanol–water partition coefficient (Wildman–Crippen LogP) is 1.13. The third-order valence-electron chi connectivity index (χ3n) is 4.31. The molecular formula is C13H27N3O2S. The molecule has 0 bridgehead atoms. The van der Waals surface area contributed by atoms with E-state index in [4.69, 9.17) is 0 Å². The quantitative estimate of drug-likeness (QED) is 0.782. The van der Waals surface area contributed by atoms with Crippen molar-refractivity contribution in [3.63, 3.8) is 0 Å². The van der Waals surface area contributed by atoms with Crippen molar-refractivity contribution in [1.29, 1.82) is 0 Å². The van der Waals surface area contributed by atoms with E-state index in [-0.39, 0.29) is 0 Å². The van der Waals surface area contributed by atoms with Crippen molar-refractivity contribution in [2.24, 2.45) is 0 Å². The highest BCUT2D eigenvalue weighted by atomic mass is 32.2. The van der Waals surface area contributed by atoms with Crippen LogP contribution >= 0.6 is 0 Å². The van der Waals surface area contributed by atoms with E-state index in [1.807, 2.05) is 14.1 Å². The SMILES string of the molecule is CN(C)C1CCCN(S(=O)(=O)N2CCCCCC2)C1. The second-order valence-corrected chi connectivity index (χ2v) is 7.87. The van der Waals surface area contributed by atoms with E-state index in [9.17, 15) is 8.42 Å². The van der Waals surface area contributed by atoms with Crippen LogP contribution in [0.15, 0.2) is 0 Å². The maximum atomic E-state index is 12.7. The first-order valence-corrected chi connectivity index (χ1v) is 8.83. The maximum Gasteiger partial charge on any atom is 0.282 e.